The van der Waals surface area contributed by atoms with Crippen molar-refractivity contribution in [3.05, 3.63) is 34.9 Å². The number of halogens is 2. The zero-order valence-corrected chi connectivity index (χ0v) is 14.3. The molecule has 3 nitrogen and oxygen atoms in total. The molecule has 1 aromatic rings. The lowest BCUT2D eigenvalue weighted by atomic mass is 9.85. The highest BCUT2D eigenvalue weighted by molar-refractivity contribution is 9.09. The number of ether oxygens (including phenoxy) is 1. The van der Waals surface area contributed by atoms with Crippen LogP contribution in [0, 0.1) is 5.41 Å². The molecule has 1 aliphatic rings. The molecule has 1 aliphatic heterocycles. The second-order valence-corrected chi connectivity index (χ2v) is 8.47. The van der Waals surface area contributed by atoms with Crippen LogP contribution in [-0.2, 0) is 20.3 Å². The summed E-state index contributed by atoms with van der Waals surface area (Å²) in [6.45, 7) is 1.28. The molecule has 1 aromatic carbocycles. The predicted octanol–water partition coefficient (Wildman–Crippen LogP) is 3.45. The highest BCUT2D eigenvalue weighted by Crippen LogP contribution is 2.34. The minimum absolute atomic E-state index is 0.0692. The lowest BCUT2D eigenvalue weighted by Crippen LogP contribution is -2.38. The molecule has 0 N–H and O–H groups in total. The summed E-state index contributed by atoms with van der Waals surface area (Å²) < 4.78 is 30.2. The van der Waals surface area contributed by atoms with Crippen molar-refractivity contribution in [2.24, 2.45) is 5.41 Å². The summed E-state index contributed by atoms with van der Waals surface area (Å²) in [5, 5.41) is 1.32. The summed E-state index contributed by atoms with van der Waals surface area (Å²) in [5.74, 6) is 0.275. The average Bonchev–Trinajstić information content (AvgIpc) is 2.41. The summed E-state index contributed by atoms with van der Waals surface area (Å²) >= 11 is 9.29. The summed E-state index contributed by atoms with van der Waals surface area (Å²) in [4.78, 5) is 0. The summed E-state index contributed by atoms with van der Waals surface area (Å²) in [6, 6.07) is 6.98. The van der Waals surface area contributed by atoms with E-state index in [9.17, 15) is 8.42 Å². The number of sulfone groups is 1. The number of benzene rings is 1. The average molecular weight is 382 g/mol. The normalized spacial score (nSPS) is 18.9. The fraction of sp³-hybridized carbons (Fsp3) is 0.571. The molecule has 112 valence electrons. The predicted molar refractivity (Wildman–Crippen MR) is 85.2 cm³/mol. The molecule has 0 radical (unpaired) electrons. The van der Waals surface area contributed by atoms with Crippen molar-refractivity contribution in [1.82, 2.24) is 0 Å². The molecule has 1 saturated heterocycles. The molecule has 1 heterocycles. The fourth-order valence-corrected chi connectivity index (χ4v) is 5.75. The van der Waals surface area contributed by atoms with E-state index in [0.717, 1.165) is 18.4 Å². The van der Waals surface area contributed by atoms with Crippen molar-refractivity contribution >= 4 is 37.4 Å². The van der Waals surface area contributed by atoms with E-state index in [-0.39, 0.29) is 16.9 Å². The Bertz CT molecular complexity index is 536. The van der Waals surface area contributed by atoms with E-state index in [4.69, 9.17) is 16.3 Å². The third kappa shape index (κ3) is 4.45. The van der Waals surface area contributed by atoms with Crippen LogP contribution in [-0.4, -0.2) is 32.7 Å². The van der Waals surface area contributed by atoms with E-state index >= 15 is 0 Å². The van der Waals surface area contributed by atoms with Gasteiger partial charge in [-0.25, -0.2) is 8.42 Å². The topological polar surface area (TPSA) is 43.4 Å². The van der Waals surface area contributed by atoms with Gasteiger partial charge in [-0.15, -0.1) is 0 Å². The van der Waals surface area contributed by atoms with Crippen LogP contribution in [0.25, 0.3) is 0 Å². The van der Waals surface area contributed by atoms with Crippen LogP contribution < -0.4 is 0 Å². The van der Waals surface area contributed by atoms with Crippen LogP contribution in [0.2, 0.25) is 5.02 Å². The Balaban J connectivity index is 2.08. The van der Waals surface area contributed by atoms with Gasteiger partial charge in [0.2, 0.25) is 0 Å². The molecule has 2 rings (SSSR count). The Kier molecular flexibility index (Phi) is 5.51. The quantitative estimate of drug-likeness (QED) is 0.734. The summed E-state index contributed by atoms with van der Waals surface area (Å²) in [5.41, 5.74) is 0.593. The summed E-state index contributed by atoms with van der Waals surface area (Å²) in [7, 11) is -3.15. The van der Waals surface area contributed by atoms with E-state index in [2.05, 4.69) is 15.9 Å². The first-order valence-electron chi connectivity index (χ1n) is 6.53. The number of alkyl halides is 1. The standard InChI is InChI=1S/C14H18BrClO3S/c15-10-14(5-7-19-8-6-14)11-20(17,18)9-12-1-3-13(16)4-2-12/h1-4H,5-11H2. The first kappa shape index (κ1) is 16.3. The molecule has 0 amide bonds. The number of hydrogen-bond donors (Lipinski definition) is 0. The Labute approximate surface area is 133 Å². The maximum absolute atomic E-state index is 12.4. The zero-order valence-electron chi connectivity index (χ0n) is 11.1. The van der Waals surface area contributed by atoms with Gasteiger partial charge in [0.15, 0.2) is 9.84 Å². The third-order valence-electron chi connectivity index (χ3n) is 3.66. The molecule has 0 atom stereocenters. The van der Waals surface area contributed by atoms with Gasteiger partial charge >= 0.3 is 0 Å². The lowest BCUT2D eigenvalue weighted by Gasteiger charge is -2.35. The van der Waals surface area contributed by atoms with Gasteiger partial charge in [-0.05, 0) is 36.0 Å². The van der Waals surface area contributed by atoms with Gasteiger partial charge in [0.25, 0.3) is 0 Å². The largest absolute Gasteiger partial charge is 0.381 e. The molecule has 0 aromatic heterocycles. The highest BCUT2D eigenvalue weighted by Gasteiger charge is 2.36. The van der Waals surface area contributed by atoms with Crippen molar-refractivity contribution < 1.29 is 13.2 Å². The SMILES string of the molecule is O=S(=O)(Cc1ccc(Cl)cc1)CC1(CBr)CCOCC1. The maximum Gasteiger partial charge on any atom is 0.155 e. The minimum Gasteiger partial charge on any atom is -0.381 e. The van der Waals surface area contributed by atoms with Gasteiger partial charge in [0.05, 0.1) is 11.5 Å². The molecule has 0 saturated carbocycles. The number of rotatable bonds is 5. The molecule has 0 unspecified atom stereocenters. The molecular weight excluding hydrogens is 364 g/mol. The van der Waals surface area contributed by atoms with E-state index in [1.807, 2.05) is 0 Å². The van der Waals surface area contributed by atoms with E-state index in [0.29, 0.717) is 23.6 Å². The first-order chi connectivity index (χ1) is 9.45. The van der Waals surface area contributed by atoms with Gasteiger partial charge in [-0.2, -0.15) is 0 Å². The van der Waals surface area contributed by atoms with E-state index in [1.54, 1.807) is 24.3 Å². The van der Waals surface area contributed by atoms with Gasteiger partial charge in [0.1, 0.15) is 0 Å². The second kappa shape index (κ2) is 6.77. The fourth-order valence-electron chi connectivity index (χ4n) is 2.47. The number of hydrogen-bond acceptors (Lipinski definition) is 3. The molecule has 0 aliphatic carbocycles. The monoisotopic (exact) mass is 380 g/mol. The van der Waals surface area contributed by atoms with Gasteiger partial charge in [-0.1, -0.05) is 39.7 Å². The Morgan fingerprint density at radius 1 is 1.20 bits per heavy atom. The Morgan fingerprint density at radius 2 is 1.80 bits per heavy atom. The molecular formula is C14H18BrClO3S. The van der Waals surface area contributed by atoms with Crippen LogP contribution in [0.15, 0.2) is 24.3 Å². The lowest BCUT2D eigenvalue weighted by molar-refractivity contribution is 0.0367. The second-order valence-electron chi connectivity index (χ2n) is 5.40. The third-order valence-corrected chi connectivity index (χ3v) is 6.93. The molecule has 0 spiro atoms. The van der Waals surface area contributed by atoms with Gasteiger partial charge in [0, 0.05) is 23.6 Å². The Hall–Kier alpha value is -0.100. The zero-order chi connectivity index (χ0) is 14.6. The van der Waals surface area contributed by atoms with Crippen LogP contribution in [0.4, 0.5) is 0 Å². The smallest absolute Gasteiger partial charge is 0.155 e. The van der Waals surface area contributed by atoms with Crippen LogP contribution in [0.3, 0.4) is 0 Å². The van der Waals surface area contributed by atoms with Crippen LogP contribution in [0.5, 0.6) is 0 Å². The van der Waals surface area contributed by atoms with Crippen molar-refractivity contribution in [2.75, 3.05) is 24.3 Å². The minimum atomic E-state index is -3.15. The van der Waals surface area contributed by atoms with Crippen molar-refractivity contribution in [1.29, 1.82) is 0 Å². The van der Waals surface area contributed by atoms with Crippen LogP contribution >= 0.6 is 27.5 Å². The van der Waals surface area contributed by atoms with Gasteiger partial charge in [-0.3, -0.25) is 0 Å². The van der Waals surface area contributed by atoms with Gasteiger partial charge < -0.3 is 4.74 Å². The van der Waals surface area contributed by atoms with Crippen molar-refractivity contribution in [2.45, 2.75) is 18.6 Å². The molecule has 0 bridgehead atoms. The van der Waals surface area contributed by atoms with Crippen molar-refractivity contribution in [3.63, 3.8) is 0 Å². The van der Waals surface area contributed by atoms with E-state index in [1.165, 1.54) is 0 Å². The summed E-state index contributed by atoms with van der Waals surface area (Å²) in [6.07, 6.45) is 1.58. The molecule has 6 heteroatoms. The van der Waals surface area contributed by atoms with E-state index < -0.39 is 9.84 Å². The molecule has 1 fully saturated rings. The Morgan fingerprint density at radius 3 is 2.35 bits per heavy atom. The first-order valence-corrected chi connectivity index (χ1v) is 9.85. The maximum atomic E-state index is 12.4. The highest BCUT2D eigenvalue weighted by atomic mass is 79.9. The molecule has 20 heavy (non-hydrogen) atoms. The van der Waals surface area contributed by atoms with Crippen molar-refractivity contribution in [3.8, 4) is 0 Å². The van der Waals surface area contributed by atoms with Crippen LogP contribution in [0.1, 0.15) is 18.4 Å².